The van der Waals surface area contributed by atoms with Gasteiger partial charge in [-0.2, -0.15) is 13.2 Å². The number of aryl methyl sites for hydroxylation is 1. The fourth-order valence-electron chi connectivity index (χ4n) is 5.09. The van der Waals surface area contributed by atoms with Crippen LogP contribution in [0.1, 0.15) is 57.1 Å². The Morgan fingerprint density at radius 1 is 1.16 bits per heavy atom. The lowest BCUT2D eigenvalue weighted by Gasteiger charge is -2.29. The van der Waals surface area contributed by atoms with E-state index in [-0.39, 0.29) is 29.1 Å². The molecule has 0 bridgehead atoms. The number of amides is 1. The number of rotatable bonds is 6. The number of aromatic amines is 1. The summed E-state index contributed by atoms with van der Waals surface area (Å²) in [4.78, 5) is 20.7. The Labute approximate surface area is 227 Å². The van der Waals surface area contributed by atoms with Crippen molar-refractivity contribution in [2.45, 2.75) is 52.3 Å². The molecule has 2 aromatic heterocycles. The van der Waals surface area contributed by atoms with E-state index in [1.54, 1.807) is 28.5 Å². The van der Waals surface area contributed by atoms with Gasteiger partial charge in [-0.25, -0.2) is 4.39 Å². The van der Waals surface area contributed by atoms with Crippen molar-refractivity contribution in [2.24, 2.45) is 5.41 Å². The zero-order valence-corrected chi connectivity index (χ0v) is 22.6. The van der Waals surface area contributed by atoms with Gasteiger partial charge in [-0.1, -0.05) is 37.6 Å². The number of H-pyrrole nitrogens is 1. The number of benzene rings is 2. The highest BCUT2D eigenvalue weighted by atomic mass is 35.5. The Bertz CT molecular complexity index is 1490. The fraction of sp³-hybridized carbons (Fsp3) is 0.345. The molecule has 5 rings (SSSR count). The Balaban J connectivity index is 1.45. The highest BCUT2D eigenvalue weighted by molar-refractivity contribution is 7.12. The molecule has 2 heterocycles. The predicted molar refractivity (Wildman–Crippen MR) is 143 cm³/mol. The molecule has 0 aliphatic heterocycles. The molecule has 0 atom stereocenters. The van der Waals surface area contributed by atoms with E-state index in [1.165, 1.54) is 28.6 Å². The first kappa shape index (κ1) is 26.8. The highest BCUT2D eigenvalue weighted by Crippen LogP contribution is 2.39. The second-order valence-electron chi connectivity index (χ2n) is 10.7. The SMILES string of the molecule is CC1(C)CCc2sc(CN(CCc3ccc(C(F)(F)F)cc3)C(=O)c3c(F)c(Cl)cc4cc[nH]c34)cc2C1. The Morgan fingerprint density at radius 3 is 2.61 bits per heavy atom. The molecule has 4 aromatic rings. The molecule has 0 spiro atoms. The van der Waals surface area contributed by atoms with E-state index in [9.17, 15) is 18.0 Å². The minimum atomic E-state index is -4.42. The van der Waals surface area contributed by atoms with Crippen molar-refractivity contribution < 1.29 is 22.4 Å². The monoisotopic (exact) mass is 562 g/mol. The van der Waals surface area contributed by atoms with E-state index in [1.807, 2.05) is 0 Å². The number of halogens is 5. The number of hydrogen-bond donors (Lipinski definition) is 1. The minimum absolute atomic E-state index is 0.132. The van der Waals surface area contributed by atoms with E-state index >= 15 is 4.39 Å². The summed E-state index contributed by atoms with van der Waals surface area (Å²) in [6.07, 6.45) is 0.563. The standard InChI is InChI=1S/C29H27ClF4N2OS/c1-28(2)10-7-23-19(15-28)13-21(38-23)16-36(12-9-17-3-5-20(6-4-17)29(32,33)34)27(37)24-25(31)22(30)14-18-8-11-35-26(18)24/h3-6,8,11,13-14,35H,7,9-10,12,15-16H2,1-2H3. The van der Waals surface area contributed by atoms with Gasteiger partial charge >= 0.3 is 6.18 Å². The molecule has 0 saturated heterocycles. The topological polar surface area (TPSA) is 36.1 Å². The second kappa shape index (κ2) is 10.0. The molecule has 0 fully saturated rings. The molecule has 1 N–H and O–H groups in total. The second-order valence-corrected chi connectivity index (χ2v) is 12.3. The van der Waals surface area contributed by atoms with Crippen LogP contribution in [0, 0.1) is 11.2 Å². The number of hydrogen-bond acceptors (Lipinski definition) is 2. The van der Waals surface area contributed by atoms with E-state index in [0.29, 0.717) is 22.9 Å². The van der Waals surface area contributed by atoms with Gasteiger partial charge in [0.15, 0.2) is 5.82 Å². The molecule has 0 unspecified atom stereocenters. The normalized spacial score (nSPS) is 15.0. The molecule has 1 aliphatic rings. The summed E-state index contributed by atoms with van der Waals surface area (Å²) in [5.41, 5.74) is 1.66. The maximum atomic E-state index is 15.2. The highest BCUT2D eigenvalue weighted by Gasteiger charge is 2.31. The average Bonchev–Trinajstić information content (AvgIpc) is 3.47. The van der Waals surface area contributed by atoms with Crippen LogP contribution in [-0.4, -0.2) is 22.3 Å². The van der Waals surface area contributed by atoms with Crippen molar-refractivity contribution in [3.63, 3.8) is 0 Å². The van der Waals surface area contributed by atoms with Crippen molar-refractivity contribution in [1.29, 1.82) is 0 Å². The van der Waals surface area contributed by atoms with Crippen molar-refractivity contribution in [3.8, 4) is 0 Å². The first-order valence-electron chi connectivity index (χ1n) is 12.4. The summed E-state index contributed by atoms with van der Waals surface area (Å²) in [7, 11) is 0. The van der Waals surface area contributed by atoms with Gasteiger partial charge in [0, 0.05) is 27.9 Å². The molecular weight excluding hydrogens is 536 g/mol. The third kappa shape index (κ3) is 5.47. The summed E-state index contributed by atoms with van der Waals surface area (Å²) >= 11 is 7.80. The van der Waals surface area contributed by atoms with Gasteiger partial charge in [-0.3, -0.25) is 4.79 Å². The van der Waals surface area contributed by atoms with Gasteiger partial charge in [-0.15, -0.1) is 11.3 Å². The molecule has 38 heavy (non-hydrogen) atoms. The van der Waals surface area contributed by atoms with E-state index in [0.717, 1.165) is 36.3 Å². The largest absolute Gasteiger partial charge is 0.416 e. The maximum absolute atomic E-state index is 15.2. The van der Waals surface area contributed by atoms with E-state index in [4.69, 9.17) is 11.6 Å². The van der Waals surface area contributed by atoms with Crippen molar-refractivity contribution in [2.75, 3.05) is 6.54 Å². The number of nitrogens with zero attached hydrogens (tertiary/aromatic N) is 1. The van der Waals surface area contributed by atoms with Crippen LogP contribution >= 0.6 is 22.9 Å². The zero-order valence-electron chi connectivity index (χ0n) is 21.0. The Morgan fingerprint density at radius 2 is 1.89 bits per heavy atom. The van der Waals surface area contributed by atoms with Crippen LogP contribution < -0.4 is 0 Å². The van der Waals surface area contributed by atoms with Crippen LogP contribution in [0.4, 0.5) is 17.6 Å². The lowest BCUT2D eigenvalue weighted by atomic mass is 9.77. The van der Waals surface area contributed by atoms with Gasteiger partial charge < -0.3 is 9.88 Å². The minimum Gasteiger partial charge on any atom is -0.360 e. The van der Waals surface area contributed by atoms with Crippen molar-refractivity contribution in [3.05, 3.63) is 91.5 Å². The average molecular weight is 563 g/mol. The molecule has 3 nitrogen and oxygen atoms in total. The first-order chi connectivity index (χ1) is 17.9. The molecule has 1 aliphatic carbocycles. The number of carbonyl (C=O) groups is 1. The molecule has 200 valence electrons. The summed E-state index contributed by atoms with van der Waals surface area (Å²) in [5, 5.41) is 0.480. The lowest BCUT2D eigenvalue weighted by Crippen LogP contribution is -2.33. The smallest absolute Gasteiger partial charge is 0.360 e. The first-order valence-corrected chi connectivity index (χ1v) is 13.6. The van der Waals surface area contributed by atoms with Gasteiger partial charge in [0.2, 0.25) is 0 Å². The van der Waals surface area contributed by atoms with Crippen LogP contribution in [0.3, 0.4) is 0 Å². The summed E-state index contributed by atoms with van der Waals surface area (Å²) in [6.45, 7) is 4.96. The van der Waals surface area contributed by atoms with Gasteiger partial charge in [0.25, 0.3) is 5.91 Å². The number of alkyl halides is 3. The van der Waals surface area contributed by atoms with Gasteiger partial charge in [0.05, 0.1) is 22.6 Å². The molecular formula is C29H27ClF4N2OS. The van der Waals surface area contributed by atoms with Gasteiger partial charge in [-0.05, 0) is 72.6 Å². The zero-order chi connectivity index (χ0) is 27.2. The van der Waals surface area contributed by atoms with Gasteiger partial charge in [0.1, 0.15) is 5.56 Å². The molecule has 9 heteroatoms. The lowest BCUT2D eigenvalue weighted by molar-refractivity contribution is -0.137. The fourth-order valence-corrected chi connectivity index (χ4v) is 6.51. The number of aromatic nitrogens is 1. The number of thiophene rings is 1. The number of fused-ring (bicyclic) bond motifs is 2. The third-order valence-electron chi connectivity index (χ3n) is 7.19. The molecule has 0 radical (unpaired) electrons. The summed E-state index contributed by atoms with van der Waals surface area (Å²) < 4.78 is 54.2. The summed E-state index contributed by atoms with van der Waals surface area (Å²) in [5.74, 6) is -1.31. The number of nitrogens with one attached hydrogen (secondary N) is 1. The quantitative estimate of drug-likeness (QED) is 0.235. The molecule has 1 amide bonds. The molecule has 2 aromatic carbocycles. The molecule has 0 saturated carbocycles. The van der Waals surface area contributed by atoms with Crippen LogP contribution in [0.25, 0.3) is 10.9 Å². The van der Waals surface area contributed by atoms with Crippen LogP contribution in [-0.2, 0) is 32.0 Å². The van der Waals surface area contributed by atoms with Crippen LogP contribution in [0.15, 0.2) is 48.7 Å². The Hall–Kier alpha value is -2.84. The summed E-state index contributed by atoms with van der Waals surface area (Å²) in [6, 6.07) is 10.2. The van der Waals surface area contributed by atoms with E-state index < -0.39 is 23.5 Å². The maximum Gasteiger partial charge on any atom is 0.416 e. The van der Waals surface area contributed by atoms with Crippen LogP contribution in [0.2, 0.25) is 5.02 Å². The predicted octanol–water partition coefficient (Wildman–Crippen LogP) is 8.44. The van der Waals surface area contributed by atoms with Crippen LogP contribution in [0.5, 0.6) is 0 Å². The number of carbonyl (C=O) groups excluding carboxylic acids is 1. The third-order valence-corrected chi connectivity index (χ3v) is 8.68. The van der Waals surface area contributed by atoms with Crippen molar-refractivity contribution >= 4 is 39.7 Å². The van der Waals surface area contributed by atoms with Crippen molar-refractivity contribution in [1.82, 2.24) is 9.88 Å². The van der Waals surface area contributed by atoms with E-state index in [2.05, 4.69) is 24.9 Å². The Kier molecular flexibility index (Phi) is 7.07.